The van der Waals surface area contributed by atoms with Crippen molar-refractivity contribution in [3.63, 3.8) is 0 Å². The summed E-state index contributed by atoms with van der Waals surface area (Å²) < 4.78 is 0. The number of rotatable bonds is 1. The van der Waals surface area contributed by atoms with Crippen molar-refractivity contribution < 1.29 is 0 Å². The second kappa shape index (κ2) is 3.53. The molecule has 0 spiro atoms. The standard InChI is InChI=1S/C10H9N3O2/c1-2-11-7-5-3-4-6-8(7)10(15)13-12-9(6)14/h2-5H,1H3,(H,12,14)(H,13,15). The molecule has 2 aromatic rings. The largest absolute Gasteiger partial charge is 0.272 e. The lowest BCUT2D eigenvalue weighted by Crippen LogP contribution is -2.18. The summed E-state index contributed by atoms with van der Waals surface area (Å²) in [5, 5.41) is 5.21. The van der Waals surface area contributed by atoms with Crippen molar-refractivity contribution >= 4 is 22.7 Å². The van der Waals surface area contributed by atoms with Crippen LogP contribution in [-0.4, -0.2) is 16.4 Å². The van der Waals surface area contributed by atoms with E-state index in [9.17, 15) is 9.59 Å². The molecular weight excluding hydrogens is 194 g/mol. The summed E-state index contributed by atoms with van der Waals surface area (Å²) >= 11 is 0. The van der Waals surface area contributed by atoms with Crippen LogP contribution in [0.15, 0.2) is 32.8 Å². The zero-order valence-electron chi connectivity index (χ0n) is 8.07. The molecule has 2 N–H and O–H groups in total. The molecule has 5 nitrogen and oxygen atoms in total. The molecule has 0 aliphatic heterocycles. The van der Waals surface area contributed by atoms with Gasteiger partial charge in [0, 0.05) is 6.21 Å². The highest BCUT2D eigenvalue weighted by Gasteiger charge is 2.06. The number of H-pyrrole nitrogens is 2. The van der Waals surface area contributed by atoms with Crippen LogP contribution in [0.5, 0.6) is 0 Å². The molecule has 0 amide bonds. The van der Waals surface area contributed by atoms with Gasteiger partial charge in [-0.15, -0.1) is 0 Å². The lowest BCUT2D eigenvalue weighted by atomic mass is 10.1. The molecule has 5 heteroatoms. The molecule has 0 radical (unpaired) electrons. The van der Waals surface area contributed by atoms with Gasteiger partial charge in [0.1, 0.15) is 0 Å². The van der Waals surface area contributed by atoms with Crippen LogP contribution >= 0.6 is 0 Å². The van der Waals surface area contributed by atoms with Gasteiger partial charge in [0.05, 0.1) is 16.5 Å². The van der Waals surface area contributed by atoms with Crippen molar-refractivity contribution in [3.8, 4) is 0 Å². The van der Waals surface area contributed by atoms with E-state index >= 15 is 0 Å². The van der Waals surface area contributed by atoms with Gasteiger partial charge in [-0.25, -0.2) is 0 Å². The molecule has 76 valence electrons. The second-order valence-corrected chi connectivity index (χ2v) is 3.00. The van der Waals surface area contributed by atoms with Gasteiger partial charge in [-0.1, -0.05) is 6.07 Å². The summed E-state index contributed by atoms with van der Waals surface area (Å²) in [5.74, 6) is 0. The van der Waals surface area contributed by atoms with Gasteiger partial charge in [0.25, 0.3) is 11.1 Å². The van der Waals surface area contributed by atoms with Gasteiger partial charge in [-0.05, 0) is 19.1 Å². The summed E-state index contributed by atoms with van der Waals surface area (Å²) in [6.45, 7) is 1.75. The van der Waals surface area contributed by atoms with Crippen molar-refractivity contribution in [1.82, 2.24) is 10.2 Å². The fourth-order valence-corrected chi connectivity index (χ4v) is 1.46. The Bertz CT molecular complexity index is 637. The average molecular weight is 203 g/mol. The average Bonchev–Trinajstić information content (AvgIpc) is 2.24. The van der Waals surface area contributed by atoms with Crippen molar-refractivity contribution in [2.24, 2.45) is 4.99 Å². The van der Waals surface area contributed by atoms with Crippen LogP contribution in [0.1, 0.15) is 6.92 Å². The Labute approximate surface area is 84.5 Å². The van der Waals surface area contributed by atoms with Crippen molar-refractivity contribution in [2.45, 2.75) is 6.92 Å². The van der Waals surface area contributed by atoms with Crippen molar-refractivity contribution in [2.75, 3.05) is 0 Å². The number of nitrogens with zero attached hydrogens (tertiary/aromatic N) is 1. The van der Waals surface area contributed by atoms with E-state index in [2.05, 4.69) is 15.2 Å². The van der Waals surface area contributed by atoms with Crippen LogP contribution in [0.2, 0.25) is 0 Å². The van der Waals surface area contributed by atoms with Gasteiger partial charge in [-0.3, -0.25) is 24.8 Å². The van der Waals surface area contributed by atoms with Gasteiger partial charge in [0.15, 0.2) is 0 Å². The Morgan fingerprint density at radius 1 is 1.20 bits per heavy atom. The molecule has 2 rings (SSSR count). The fraction of sp³-hybridized carbons (Fsp3) is 0.100. The van der Waals surface area contributed by atoms with E-state index in [-0.39, 0.29) is 11.1 Å². The highest BCUT2D eigenvalue weighted by Crippen LogP contribution is 2.19. The fourth-order valence-electron chi connectivity index (χ4n) is 1.46. The Hall–Kier alpha value is -2.17. The van der Waals surface area contributed by atoms with E-state index in [4.69, 9.17) is 0 Å². The summed E-state index contributed by atoms with van der Waals surface area (Å²) in [5.41, 5.74) is -0.161. The Balaban J connectivity index is 3.03. The van der Waals surface area contributed by atoms with Crippen LogP contribution in [0.4, 0.5) is 5.69 Å². The van der Waals surface area contributed by atoms with Gasteiger partial charge in [-0.2, -0.15) is 0 Å². The van der Waals surface area contributed by atoms with E-state index < -0.39 is 0 Å². The molecule has 0 unspecified atom stereocenters. The first-order valence-electron chi connectivity index (χ1n) is 4.46. The predicted molar refractivity (Wildman–Crippen MR) is 59.0 cm³/mol. The zero-order valence-corrected chi connectivity index (χ0v) is 8.07. The maximum absolute atomic E-state index is 11.5. The van der Waals surface area contributed by atoms with Crippen LogP contribution in [0.25, 0.3) is 10.8 Å². The molecule has 0 fully saturated rings. The predicted octanol–water partition coefficient (Wildman–Crippen LogP) is 0.939. The Morgan fingerprint density at radius 2 is 1.93 bits per heavy atom. The number of aromatic amines is 2. The topological polar surface area (TPSA) is 78.1 Å². The summed E-state index contributed by atoms with van der Waals surface area (Å²) in [6.07, 6.45) is 1.58. The minimum Gasteiger partial charge on any atom is -0.267 e. The molecule has 0 saturated heterocycles. The minimum absolute atomic E-state index is 0.319. The van der Waals surface area contributed by atoms with Crippen LogP contribution < -0.4 is 11.1 Å². The first kappa shape index (κ1) is 9.39. The molecule has 0 atom stereocenters. The number of fused-ring (bicyclic) bond motifs is 1. The van der Waals surface area contributed by atoms with Crippen LogP contribution in [0.3, 0.4) is 0 Å². The lowest BCUT2D eigenvalue weighted by molar-refractivity contribution is 0.976. The van der Waals surface area contributed by atoms with Crippen molar-refractivity contribution in [1.29, 1.82) is 0 Å². The third kappa shape index (κ3) is 1.48. The zero-order chi connectivity index (χ0) is 10.8. The summed E-state index contributed by atoms with van der Waals surface area (Å²) in [7, 11) is 0. The molecule has 15 heavy (non-hydrogen) atoms. The first-order chi connectivity index (χ1) is 7.24. The number of aliphatic imine (C=N–C) groups is 1. The first-order valence-corrected chi connectivity index (χ1v) is 4.46. The maximum Gasteiger partial charge on any atom is 0.272 e. The summed E-state index contributed by atoms with van der Waals surface area (Å²) in [6, 6.07) is 4.98. The monoisotopic (exact) mass is 203 g/mol. The highest BCUT2D eigenvalue weighted by molar-refractivity contribution is 5.92. The van der Waals surface area contributed by atoms with Crippen LogP contribution in [0, 0.1) is 0 Å². The molecule has 0 aliphatic carbocycles. The van der Waals surface area contributed by atoms with Gasteiger partial charge >= 0.3 is 0 Å². The SMILES string of the molecule is CC=Nc1cccc2c(=O)[nH][nH]c(=O)c12. The maximum atomic E-state index is 11.5. The van der Waals surface area contributed by atoms with Gasteiger partial charge in [0.2, 0.25) is 0 Å². The van der Waals surface area contributed by atoms with E-state index in [1.165, 1.54) is 0 Å². The third-order valence-electron chi connectivity index (χ3n) is 2.07. The molecule has 1 aromatic carbocycles. The molecule has 0 aliphatic rings. The van der Waals surface area contributed by atoms with E-state index in [1.54, 1.807) is 31.3 Å². The Morgan fingerprint density at radius 3 is 2.67 bits per heavy atom. The van der Waals surface area contributed by atoms with Gasteiger partial charge < -0.3 is 0 Å². The molecule has 0 bridgehead atoms. The quantitative estimate of drug-likeness (QED) is 0.676. The number of nitrogens with one attached hydrogen (secondary N) is 2. The van der Waals surface area contributed by atoms with Crippen molar-refractivity contribution in [3.05, 3.63) is 38.9 Å². The van der Waals surface area contributed by atoms with E-state index in [0.717, 1.165) is 0 Å². The van der Waals surface area contributed by atoms with Crippen LogP contribution in [-0.2, 0) is 0 Å². The summed E-state index contributed by atoms with van der Waals surface area (Å²) in [4.78, 5) is 27.0. The minimum atomic E-state index is -0.342. The molecule has 0 saturated carbocycles. The number of hydrogen-bond donors (Lipinski definition) is 2. The molecule has 1 aromatic heterocycles. The van der Waals surface area contributed by atoms with E-state index in [0.29, 0.717) is 16.5 Å². The molecule has 1 heterocycles. The number of hydrogen-bond acceptors (Lipinski definition) is 3. The number of aromatic nitrogens is 2. The van der Waals surface area contributed by atoms with E-state index in [1.807, 2.05) is 0 Å². The Kier molecular flexibility index (Phi) is 2.21. The highest BCUT2D eigenvalue weighted by atomic mass is 16.1. The molecular formula is C10H9N3O2. The third-order valence-corrected chi connectivity index (χ3v) is 2.07. The normalized spacial score (nSPS) is 11.3. The second-order valence-electron chi connectivity index (χ2n) is 3.00. The smallest absolute Gasteiger partial charge is 0.267 e. The number of benzene rings is 1. The lowest BCUT2D eigenvalue weighted by Gasteiger charge is -1.98.